The van der Waals surface area contributed by atoms with E-state index in [-0.39, 0.29) is 0 Å². The summed E-state index contributed by atoms with van der Waals surface area (Å²) in [5, 5.41) is 0. The van der Waals surface area contributed by atoms with E-state index in [4.69, 9.17) is 0 Å². The molecule has 0 spiro atoms. The van der Waals surface area contributed by atoms with Gasteiger partial charge in [0.2, 0.25) is 0 Å². The van der Waals surface area contributed by atoms with Crippen molar-refractivity contribution >= 4 is 0 Å². The van der Waals surface area contributed by atoms with E-state index in [0.717, 1.165) is 6.42 Å². The van der Waals surface area contributed by atoms with Crippen LogP contribution in [0.2, 0.25) is 0 Å². The second kappa shape index (κ2) is 5.95. The van der Waals surface area contributed by atoms with E-state index in [1.54, 1.807) is 0 Å². The van der Waals surface area contributed by atoms with Gasteiger partial charge in [0.1, 0.15) is 0 Å². The van der Waals surface area contributed by atoms with Gasteiger partial charge in [0.15, 0.2) is 0 Å². The molecule has 5 unspecified atom stereocenters. The molecule has 1 heteroatoms. The van der Waals surface area contributed by atoms with E-state index < -0.39 is 0 Å². The highest BCUT2D eigenvalue weighted by molar-refractivity contribution is 5.41. The van der Waals surface area contributed by atoms with E-state index >= 15 is 0 Å². The minimum Gasteiger partial charge on any atom is -0.352 e. The third-order valence-corrected chi connectivity index (χ3v) is 5.68. The maximum Gasteiger partial charge on any atom is 0.0287 e. The fourth-order valence-corrected chi connectivity index (χ4v) is 4.78. The molecule has 0 aromatic carbocycles. The van der Waals surface area contributed by atoms with Crippen LogP contribution in [0.4, 0.5) is 0 Å². The van der Waals surface area contributed by atoms with Crippen LogP contribution in [0.5, 0.6) is 0 Å². The van der Waals surface area contributed by atoms with Gasteiger partial charge in [-0.15, -0.1) is 0 Å². The first-order valence-corrected chi connectivity index (χ1v) is 8.36. The topological polar surface area (TPSA) is 3.24 Å². The maximum absolute atomic E-state index is 4.52. The largest absolute Gasteiger partial charge is 0.352 e. The number of hydrogen-bond donors (Lipinski definition) is 0. The first kappa shape index (κ1) is 16.9. The predicted octanol–water partition coefficient (Wildman–Crippen LogP) is 5.56. The normalized spacial score (nSPS) is 36.7. The Kier molecular flexibility index (Phi) is 4.56. The van der Waals surface area contributed by atoms with Gasteiger partial charge < -0.3 is 4.90 Å². The molecule has 2 rings (SSSR count). The molecule has 0 aromatic heterocycles. The second-order valence-electron chi connectivity index (χ2n) is 7.22. The van der Waals surface area contributed by atoms with E-state index in [9.17, 15) is 0 Å². The SMILES string of the molecule is C=C(C)C1C(=C)C2/C(=C/CC)N(C)C(=C)C2C(C)C1C(=C)C. The zero-order valence-corrected chi connectivity index (χ0v) is 14.9. The van der Waals surface area contributed by atoms with Crippen molar-refractivity contribution in [2.75, 3.05) is 7.05 Å². The summed E-state index contributed by atoms with van der Waals surface area (Å²) in [7, 11) is 2.15. The number of fused-ring (bicyclic) bond motifs is 1. The van der Waals surface area contributed by atoms with Gasteiger partial charge in [-0.3, -0.25) is 0 Å². The fraction of sp³-hybridized carbons (Fsp3) is 0.524. The molecule has 1 nitrogen and oxygen atoms in total. The van der Waals surface area contributed by atoms with E-state index in [2.05, 4.69) is 72.0 Å². The van der Waals surface area contributed by atoms with E-state index in [0.29, 0.717) is 29.6 Å². The van der Waals surface area contributed by atoms with Gasteiger partial charge in [0.25, 0.3) is 0 Å². The molecule has 1 aliphatic carbocycles. The molecule has 0 aromatic rings. The molecule has 5 atom stereocenters. The van der Waals surface area contributed by atoms with Crippen LogP contribution < -0.4 is 0 Å². The Morgan fingerprint density at radius 1 is 1.18 bits per heavy atom. The Balaban J connectivity index is 2.58. The molecular weight excluding hydrogens is 266 g/mol. The molecule has 1 heterocycles. The summed E-state index contributed by atoms with van der Waals surface area (Å²) < 4.78 is 0. The maximum atomic E-state index is 4.52. The Bertz CT molecular complexity index is 562. The number of nitrogens with zero attached hydrogens (tertiary/aromatic N) is 1. The smallest absolute Gasteiger partial charge is 0.0287 e. The first-order chi connectivity index (χ1) is 10.2. The summed E-state index contributed by atoms with van der Waals surface area (Å²) in [5.74, 6) is 2.07. The number of rotatable bonds is 3. The van der Waals surface area contributed by atoms with Crippen LogP contribution in [0.3, 0.4) is 0 Å². The highest BCUT2D eigenvalue weighted by atomic mass is 15.2. The van der Waals surface area contributed by atoms with Crippen molar-refractivity contribution < 1.29 is 0 Å². The van der Waals surface area contributed by atoms with Gasteiger partial charge in [-0.2, -0.15) is 0 Å². The number of hydrogen-bond acceptors (Lipinski definition) is 1. The van der Waals surface area contributed by atoms with Crippen LogP contribution in [0.1, 0.15) is 34.1 Å². The van der Waals surface area contributed by atoms with Crippen LogP contribution in [-0.4, -0.2) is 11.9 Å². The lowest BCUT2D eigenvalue weighted by Crippen LogP contribution is -2.40. The minimum atomic E-state index is 0.327. The number of allylic oxidation sites excluding steroid dienone is 5. The van der Waals surface area contributed by atoms with Gasteiger partial charge in [-0.25, -0.2) is 0 Å². The van der Waals surface area contributed by atoms with Crippen molar-refractivity contribution in [3.63, 3.8) is 0 Å². The van der Waals surface area contributed by atoms with Gasteiger partial charge in [-0.1, -0.05) is 63.0 Å². The van der Waals surface area contributed by atoms with Crippen molar-refractivity contribution in [3.8, 4) is 0 Å². The van der Waals surface area contributed by atoms with E-state index in [1.165, 1.54) is 28.1 Å². The lowest BCUT2D eigenvalue weighted by atomic mass is 9.57. The first-order valence-electron chi connectivity index (χ1n) is 8.36. The van der Waals surface area contributed by atoms with Crippen molar-refractivity contribution in [2.24, 2.45) is 29.6 Å². The summed E-state index contributed by atoms with van der Waals surface area (Å²) in [4.78, 5) is 2.29. The monoisotopic (exact) mass is 297 g/mol. The van der Waals surface area contributed by atoms with Crippen LogP contribution in [-0.2, 0) is 0 Å². The lowest BCUT2D eigenvalue weighted by Gasteiger charge is -2.46. The second-order valence-corrected chi connectivity index (χ2v) is 7.22. The molecule has 120 valence electrons. The zero-order chi connectivity index (χ0) is 16.8. The molecule has 1 aliphatic heterocycles. The summed E-state index contributed by atoms with van der Waals surface area (Å²) in [6, 6.07) is 0. The molecule has 0 radical (unpaired) electrons. The Morgan fingerprint density at radius 2 is 1.77 bits per heavy atom. The average molecular weight is 297 g/mol. The van der Waals surface area contributed by atoms with Crippen LogP contribution >= 0.6 is 0 Å². The Labute approximate surface area is 136 Å². The molecule has 0 bridgehead atoms. The lowest BCUT2D eigenvalue weighted by molar-refractivity contribution is 0.194. The van der Waals surface area contributed by atoms with Crippen LogP contribution in [0, 0.1) is 29.6 Å². The van der Waals surface area contributed by atoms with Gasteiger partial charge >= 0.3 is 0 Å². The third-order valence-electron chi connectivity index (χ3n) is 5.68. The quantitative estimate of drug-likeness (QED) is 0.616. The highest BCUT2D eigenvalue weighted by Crippen LogP contribution is 2.58. The van der Waals surface area contributed by atoms with Gasteiger partial charge in [0.05, 0.1) is 0 Å². The summed E-state index contributed by atoms with van der Waals surface area (Å²) >= 11 is 0. The highest BCUT2D eigenvalue weighted by Gasteiger charge is 2.52. The number of likely N-dealkylation sites (tertiary alicyclic amines) is 1. The fourth-order valence-electron chi connectivity index (χ4n) is 4.78. The molecular formula is C21H31N. The van der Waals surface area contributed by atoms with Crippen LogP contribution in [0.15, 0.2) is 60.5 Å². The molecule has 1 saturated carbocycles. The van der Waals surface area contributed by atoms with E-state index in [1.807, 2.05) is 0 Å². The molecule has 0 N–H and O–H groups in total. The van der Waals surface area contributed by atoms with Crippen LogP contribution in [0.25, 0.3) is 0 Å². The zero-order valence-electron chi connectivity index (χ0n) is 14.9. The predicted molar refractivity (Wildman–Crippen MR) is 97.2 cm³/mol. The summed E-state index contributed by atoms with van der Waals surface area (Å²) in [6.07, 6.45) is 3.38. The third kappa shape index (κ3) is 2.31. The van der Waals surface area contributed by atoms with Crippen molar-refractivity contribution in [2.45, 2.75) is 34.1 Å². The Morgan fingerprint density at radius 3 is 2.23 bits per heavy atom. The van der Waals surface area contributed by atoms with Crippen molar-refractivity contribution in [1.29, 1.82) is 0 Å². The molecule has 1 saturated heterocycles. The molecule has 22 heavy (non-hydrogen) atoms. The minimum absolute atomic E-state index is 0.327. The average Bonchev–Trinajstić information content (AvgIpc) is 2.67. The Hall–Kier alpha value is -1.50. The molecule has 2 fully saturated rings. The molecule has 2 aliphatic rings. The van der Waals surface area contributed by atoms with Gasteiger partial charge in [0, 0.05) is 36.2 Å². The summed E-state index contributed by atoms with van der Waals surface area (Å²) in [5.41, 5.74) is 6.35. The molecule has 0 amide bonds. The van der Waals surface area contributed by atoms with Crippen molar-refractivity contribution in [1.82, 2.24) is 4.90 Å². The van der Waals surface area contributed by atoms with Crippen molar-refractivity contribution in [3.05, 3.63) is 60.5 Å². The summed E-state index contributed by atoms with van der Waals surface area (Å²) in [6.45, 7) is 26.3. The van der Waals surface area contributed by atoms with Gasteiger partial charge in [-0.05, 0) is 32.1 Å². The standard InChI is InChI=1S/C21H31N/c1-10-11-17-21-15(7)19(13(4)5)18(12(2)3)14(6)20(21)16(8)22(17)9/h11,14,18-21H,2,4,7-8,10H2,1,3,5-6,9H3/b17-11-.